The van der Waals surface area contributed by atoms with Crippen LogP contribution in [0.1, 0.15) is 25.6 Å². The number of aromatic nitrogens is 3. The van der Waals surface area contributed by atoms with E-state index >= 15 is 0 Å². The summed E-state index contributed by atoms with van der Waals surface area (Å²) in [6.07, 6.45) is 5.31. The van der Waals surface area contributed by atoms with Crippen LogP contribution >= 0.6 is 11.8 Å². The molecule has 18 heavy (non-hydrogen) atoms. The minimum Gasteiger partial charge on any atom is -0.340 e. The summed E-state index contributed by atoms with van der Waals surface area (Å²) in [6, 6.07) is 0. The molecule has 1 saturated heterocycles. The number of thioether (sulfide) groups is 1. The molecule has 1 fully saturated rings. The highest BCUT2D eigenvalue weighted by atomic mass is 32.2. The topological polar surface area (TPSA) is 70.8 Å². The number of piperidine rings is 1. The van der Waals surface area contributed by atoms with E-state index in [9.17, 15) is 0 Å². The van der Waals surface area contributed by atoms with Crippen LogP contribution in [0.2, 0.25) is 0 Å². The molecular formula is C12H23N5S. The Kier molecular flexibility index (Phi) is 4.50. The van der Waals surface area contributed by atoms with Gasteiger partial charge < -0.3 is 10.6 Å². The minimum absolute atomic E-state index is 0.300. The maximum Gasteiger partial charge on any atom is 0.244 e. The molecule has 1 aromatic heterocycles. The first-order valence-electron chi connectivity index (χ1n) is 6.52. The van der Waals surface area contributed by atoms with Gasteiger partial charge in [0.05, 0.1) is 0 Å². The summed E-state index contributed by atoms with van der Waals surface area (Å²) < 4.78 is 0. The van der Waals surface area contributed by atoms with Gasteiger partial charge in [-0.15, -0.1) is 5.10 Å². The number of rotatable bonds is 5. The van der Waals surface area contributed by atoms with Crippen molar-refractivity contribution < 1.29 is 0 Å². The van der Waals surface area contributed by atoms with Crippen LogP contribution in [0.25, 0.3) is 0 Å². The van der Waals surface area contributed by atoms with Gasteiger partial charge in [-0.25, -0.2) is 0 Å². The number of aryl methyl sites for hydroxylation is 1. The number of H-pyrrole nitrogens is 1. The van der Waals surface area contributed by atoms with Gasteiger partial charge in [-0.2, -0.15) is 16.7 Å². The van der Waals surface area contributed by atoms with Crippen LogP contribution in [0.15, 0.2) is 0 Å². The molecule has 102 valence electrons. The molecule has 0 aliphatic carbocycles. The largest absolute Gasteiger partial charge is 0.340 e. The Balaban J connectivity index is 1.91. The molecule has 0 bridgehead atoms. The second kappa shape index (κ2) is 5.93. The lowest BCUT2D eigenvalue weighted by Crippen LogP contribution is -2.42. The second-order valence-electron chi connectivity index (χ2n) is 5.33. The first-order valence-corrected chi connectivity index (χ1v) is 7.91. The van der Waals surface area contributed by atoms with Crippen molar-refractivity contribution in [3.05, 3.63) is 5.82 Å². The van der Waals surface area contributed by atoms with E-state index in [2.05, 4.69) is 33.3 Å². The lowest BCUT2D eigenvalue weighted by molar-refractivity contribution is 0.257. The third-order valence-corrected chi connectivity index (χ3v) is 4.42. The van der Waals surface area contributed by atoms with Gasteiger partial charge in [0.15, 0.2) is 0 Å². The molecule has 0 radical (unpaired) electrons. The van der Waals surface area contributed by atoms with E-state index in [0.29, 0.717) is 5.41 Å². The lowest BCUT2D eigenvalue weighted by atomic mass is 9.81. The fourth-order valence-corrected chi connectivity index (χ4v) is 2.59. The zero-order valence-electron chi connectivity index (χ0n) is 11.3. The van der Waals surface area contributed by atoms with Gasteiger partial charge in [-0.1, -0.05) is 6.92 Å². The third-order valence-electron chi connectivity index (χ3n) is 3.81. The van der Waals surface area contributed by atoms with E-state index < -0.39 is 0 Å². The van der Waals surface area contributed by atoms with E-state index in [-0.39, 0.29) is 0 Å². The number of nitrogens with zero attached hydrogens (tertiary/aromatic N) is 3. The van der Waals surface area contributed by atoms with Crippen LogP contribution in [0.3, 0.4) is 0 Å². The summed E-state index contributed by atoms with van der Waals surface area (Å²) in [5.74, 6) is 2.93. The predicted octanol–water partition coefficient (Wildman–Crippen LogP) is 1.28. The summed E-state index contributed by atoms with van der Waals surface area (Å²) in [5, 5.41) is 7.35. The summed E-state index contributed by atoms with van der Waals surface area (Å²) in [4.78, 5) is 6.82. The minimum atomic E-state index is 0.300. The van der Waals surface area contributed by atoms with Gasteiger partial charge >= 0.3 is 0 Å². The fraction of sp³-hybridized carbons (Fsp3) is 0.833. The molecule has 0 spiro atoms. The summed E-state index contributed by atoms with van der Waals surface area (Å²) >= 11 is 1.83. The van der Waals surface area contributed by atoms with E-state index in [0.717, 1.165) is 56.4 Å². The fourth-order valence-electron chi connectivity index (χ4n) is 2.19. The molecule has 6 heteroatoms. The molecule has 0 amide bonds. The third kappa shape index (κ3) is 3.17. The number of anilines is 1. The molecule has 1 aliphatic rings. The number of nitrogens with two attached hydrogens (primary N) is 1. The highest BCUT2D eigenvalue weighted by molar-refractivity contribution is 7.98. The molecule has 0 unspecified atom stereocenters. The van der Waals surface area contributed by atoms with Crippen LogP contribution < -0.4 is 10.6 Å². The van der Waals surface area contributed by atoms with E-state index in [1.165, 1.54) is 0 Å². The predicted molar refractivity (Wildman–Crippen MR) is 77.1 cm³/mol. The SMILES string of the molecule is CSCCc1nc(N2CCC(C)(CN)CC2)n[nH]1. The molecule has 0 saturated carbocycles. The number of hydrogen-bond acceptors (Lipinski definition) is 5. The van der Waals surface area contributed by atoms with Crippen LogP contribution in [0.5, 0.6) is 0 Å². The first-order chi connectivity index (χ1) is 8.67. The van der Waals surface area contributed by atoms with Crippen LogP contribution in [0.4, 0.5) is 5.95 Å². The molecule has 3 N–H and O–H groups in total. The monoisotopic (exact) mass is 269 g/mol. The zero-order chi connectivity index (χ0) is 13.0. The lowest BCUT2D eigenvalue weighted by Gasteiger charge is -2.38. The van der Waals surface area contributed by atoms with Crippen molar-refractivity contribution in [1.29, 1.82) is 0 Å². The first kappa shape index (κ1) is 13.7. The second-order valence-corrected chi connectivity index (χ2v) is 6.31. The molecule has 1 aromatic rings. The number of aromatic amines is 1. The summed E-state index contributed by atoms with van der Waals surface area (Å²) in [7, 11) is 0. The van der Waals surface area contributed by atoms with Crippen LogP contribution in [0, 0.1) is 5.41 Å². The van der Waals surface area contributed by atoms with E-state index in [4.69, 9.17) is 5.73 Å². The Morgan fingerprint density at radius 1 is 1.44 bits per heavy atom. The number of nitrogens with one attached hydrogen (secondary N) is 1. The van der Waals surface area contributed by atoms with Crippen LogP contribution in [-0.2, 0) is 6.42 Å². The zero-order valence-corrected chi connectivity index (χ0v) is 12.1. The Hall–Kier alpha value is -0.750. The maximum absolute atomic E-state index is 5.82. The highest BCUT2D eigenvalue weighted by Gasteiger charge is 2.29. The van der Waals surface area contributed by atoms with Gasteiger partial charge in [0.25, 0.3) is 0 Å². The Bertz CT molecular complexity index is 370. The van der Waals surface area contributed by atoms with Crippen LogP contribution in [-0.4, -0.2) is 46.8 Å². The van der Waals surface area contributed by atoms with Crippen molar-refractivity contribution in [1.82, 2.24) is 15.2 Å². The molecule has 0 atom stereocenters. The Morgan fingerprint density at radius 2 is 2.17 bits per heavy atom. The van der Waals surface area contributed by atoms with E-state index in [1.54, 1.807) is 0 Å². The van der Waals surface area contributed by atoms with Gasteiger partial charge in [-0.05, 0) is 31.1 Å². The van der Waals surface area contributed by atoms with Gasteiger partial charge in [0.1, 0.15) is 5.82 Å². The highest BCUT2D eigenvalue weighted by Crippen LogP contribution is 2.30. The maximum atomic E-state index is 5.82. The average molecular weight is 269 g/mol. The van der Waals surface area contributed by atoms with Crippen molar-refractivity contribution in [3.8, 4) is 0 Å². The quantitative estimate of drug-likeness (QED) is 0.842. The molecule has 2 heterocycles. The molecule has 2 rings (SSSR count). The van der Waals surface area contributed by atoms with Crippen molar-refractivity contribution >= 4 is 17.7 Å². The smallest absolute Gasteiger partial charge is 0.244 e. The van der Waals surface area contributed by atoms with Crippen molar-refractivity contribution in [2.75, 3.05) is 36.5 Å². The summed E-state index contributed by atoms with van der Waals surface area (Å²) in [5.41, 5.74) is 6.12. The van der Waals surface area contributed by atoms with E-state index in [1.807, 2.05) is 11.8 Å². The van der Waals surface area contributed by atoms with Gasteiger partial charge in [0, 0.05) is 25.3 Å². The molecule has 1 aliphatic heterocycles. The molecule has 5 nitrogen and oxygen atoms in total. The molecular weight excluding hydrogens is 246 g/mol. The van der Waals surface area contributed by atoms with Crippen molar-refractivity contribution in [2.24, 2.45) is 11.1 Å². The normalized spacial score (nSPS) is 19.2. The van der Waals surface area contributed by atoms with Crippen molar-refractivity contribution in [3.63, 3.8) is 0 Å². The molecule has 0 aromatic carbocycles. The average Bonchev–Trinajstić information content (AvgIpc) is 2.86. The summed E-state index contributed by atoms with van der Waals surface area (Å²) in [6.45, 7) is 5.06. The van der Waals surface area contributed by atoms with Gasteiger partial charge in [0.2, 0.25) is 5.95 Å². The van der Waals surface area contributed by atoms with Gasteiger partial charge in [-0.3, -0.25) is 5.10 Å². The Labute approximate surface area is 113 Å². The van der Waals surface area contributed by atoms with Crippen molar-refractivity contribution in [2.45, 2.75) is 26.2 Å². The Morgan fingerprint density at radius 3 is 2.78 bits per heavy atom. The standard InChI is InChI=1S/C12H23N5S/c1-12(9-13)4-6-17(7-5-12)11-14-10(15-16-11)3-8-18-2/h3-9,13H2,1-2H3,(H,14,15,16). The number of hydrogen-bond donors (Lipinski definition) is 2.